The number of nitrogens with zero attached hydrogens (tertiary/aromatic N) is 1. The second-order valence-corrected chi connectivity index (χ2v) is 5.78. The van der Waals surface area contributed by atoms with Crippen molar-refractivity contribution < 1.29 is 9.21 Å². The maximum Gasteiger partial charge on any atom is 0.251 e. The molecule has 0 spiro atoms. The quantitative estimate of drug-likeness (QED) is 0.604. The Balaban J connectivity index is 1.44. The monoisotopic (exact) mass is 319 g/mol. The molecule has 2 aromatic heterocycles. The summed E-state index contributed by atoms with van der Waals surface area (Å²) in [5.74, 6) is 0.493. The van der Waals surface area contributed by atoms with Gasteiger partial charge in [-0.05, 0) is 36.2 Å². The predicted molar refractivity (Wildman–Crippen MR) is 93.1 cm³/mol. The molecule has 5 heteroatoms. The highest BCUT2D eigenvalue weighted by atomic mass is 16.3. The zero-order valence-corrected chi connectivity index (χ0v) is 13.3. The van der Waals surface area contributed by atoms with E-state index >= 15 is 0 Å². The molecule has 0 saturated heterocycles. The second-order valence-electron chi connectivity index (χ2n) is 5.78. The lowest BCUT2D eigenvalue weighted by Crippen LogP contribution is -2.25. The number of aromatic nitrogens is 2. The standard InChI is InChI=1S/C19H17N3O2/c1-12-22-17-7-6-13(10-18(17)24-12)19(23)20-9-8-14-11-21-16-5-3-2-4-15(14)16/h2-7,10-11,21H,8-9H2,1H3,(H,20,23). The first-order valence-electron chi connectivity index (χ1n) is 7.91. The van der Waals surface area contributed by atoms with Gasteiger partial charge >= 0.3 is 0 Å². The minimum absolute atomic E-state index is 0.106. The van der Waals surface area contributed by atoms with E-state index in [2.05, 4.69) is 21.4 Å². The fraction of sp³-hybridized carbons (Fsp3) is 0.158. The number of carbonyl (C=O) groups excluding carboxylic acids is 1. The third-order valence-corrected chi connectivity index (χ3v) is 4.11. The van der Waals surface area contributed by atoms with Crippen LogP contribution in [-0.4, -0.2) is 22.4 Å². The molecule has 0 atom stereocenters. The molecule has 5 nitrogen and oxygen atoms in total. The van der Waals surface area contributed by atoms with Crippen molar-refractivity contribution in [3.05, 3.63) is 65.7 Å². The van der Waals surface area contributed by atoms with Crippen molar-refractivity contribution >= 4 is 27.9 Å². The number of carbonyl (C=O) groups is 1. The summed E-state index contributed by atoms with van der Waals surface area (Å²) in [5.41, 5.74) is 4.30. The molecular formula is C19H17N3O2. The summed E-state index contributed by atoms with van der Waals surface area (Å²) < 4.78 is 5.48. The van der Waals surface area contributed by atoms with Crippen LogP contribution in [0.25, 0.3) is 22.0 Å². The lowest BCUT2D eigenvalue weighted by molar-refractivity contribution is 0.0954. The van der Waals surface area contributed by atoms with Gasteiger partial charge in [-0.3, -0.25) is 4.79 Å². The van der Waals surface area contributed by atoms with Gasteiger partial charge in [0.1, 0.15) is 5.52 Å². The van der Waals surface area contributed by atoms with Gasteiger partial charge in [0.05, 0.1) is 0 Å². The zero-order valence-electron chi connectivity index (χ0n) is 13.3. The Morgan fingerprint density at radius 3 is 3.04 bits per heavy atom. The van der Waals surface area contributed by atoms with Crippen molar-refractivity contribution in [2.75, 3.05) is 6.54 Å². The molecule has 120 valence electrons. The van der Waals surface area contributed by atoms with Crippen molar-refractivity contribution in [2.24, 2.45) is 0 Å². The summed E-state index contributed by atoms with van der Waals surface area (Å²) in [6.45, 7) is 2.37. The van der Waals surface area contributed by atoms with E-state index in [4.69, 9.17) is 4.42 Å². The molecule has 2 aromatic carbocycles. The average molecular weight is 319 g/mol. The fourth-order valence-corrected chi connectivity index (χ4v) is 2.93. The number of H-pyrrole nitrogens is 1. The number of hydrogen-bond donors (Lipinski definition) is 2. The Labute approximate surface area is 138 Å². The van der Waals surface area contributed by atoms with Crippen molar-refractivity contribution in [1.29, 1.82) is 0 Å². The smallest absolute Gasteiger partial charge is 0.251 e. The summed E-state index contributed by atoms with van der Waals surface area (Å²) in [6, 6.07) is 13.5. The molecule has 0 radical (unpaired) electrons. The van der Waals surface area contributed by atoms with Crippen LogP contribution < -0.4 is 5.32 Å². The van der Waals surface area contributed by atoms with E-state index in [9.17, 15) is 4.79 Å². The van der Waals surface area contributed by atoms with Crippen LogP contribution in [0.1, 0.15) is 21.8 Å². The second kappa shape index (κ2) is 5.85. The summed E-state index contributed by atoms with van der Waals surface area (Å²) in [6.07, 6.45) is 2.78. The van der Waals surface area contributed by atoms with E-state index in [1.165, 1.54) is 10.9 Å². The van der Waals surface area contributed by atoms with Gasteiger partial charge in [-0.1, -0.05) is 18.2 Å². The van der Waals surface area contributed by atoms with E-state index in [1.807, 2.05) is 24.4 Å². The molecule has 0 unspecified atom stereocenters. The van der Waals surface area contributed by atoms with Crippen LogP contribution in [0.4, 0.5) is 0 Å². The SMILES string of the molecule is Cc1nc2ccc(C(=O)NCCc3c[nH]c4ccccc34)cc2o1. The van der Waals surface area contributed by atoms with Gasteiger partial charge in [0.15, 0.2) is 11.5 Å². The molecule has 0 aliphatic rings. The van der Waals surface area contributed by atoms with Crippen molar-refractivity contribution in [3.8, 4) is 0 Å². The first-order valence-corrected chi connectivity index (χ1v) is 7.91. The van der Waals surface area contributed by atoms with E-state index in [0.717, 1.165) is 17.5 Å². The van der Waals surface area contributed by atoms with E-state index in [-0.39, 0.29) is 5.91 Å². The third-order valence-electron chi connectivity index (χ3n) is 4.11. The molecule has 0 fully saturated rings. The van der Waals surface area contributed by atoms with Gasteiger partial charge in [0, 0.05) is 36.1 Å². The van der Waals surface area contributed by atoms with Crippen LogP contribution in [0.2, 0.25) is 0 Å². The molecular weight excluding hydrogens is 302 g/mol. The number of nitrogens with one attached hydrogen (secondary N) is 2. The van der Waals surface area contributed by atoms with Crippen LogP contribution in [0.5, 0.6) is 0 Å². The van der Waals surface area contributed by atoms with Crippen molar-refractivity contribution in [3.63, 3.8) is 0 Å². The highest BCUT2D eigenvalue weighted by molar-refractivity contribution is 5.97. The number of para-hydroxylation sites is 1. The zero-order chi connectivity index (χ0) is 16.5. The Morgan fingerprint density at radius 2 is 2.12 bits per heavy atom. The largest absolute Gasteiger partial charge is 0.441 e. The topological polar surface area (TPSA) is 70.9 Å². The molecule has 4 aromatic rings. The molecule has 0 bridgehead atoms. The minimum atomic E-state index is -0.106. The van der Waals surface area contributed by atoms with Crippen LogP contribution in [0.3, 0.4) is 0 Å². The van der Waals surface area contributed by atoms with E-state index < -0.39 is 0 Å². The highest BCUT2D eigenvalue weighted by Gasteiger charge is 2.10. The molecule has 4 rings (SSSR count). The first-order chi connectivity index (χ1) is 11.7. The maximum absolute atomic E-state index is 12.3. The van der Waals surface area contributed by atoms with Gasteiger partial charge in [-0.25, -0.2) is 4.98 Å². The average Bonchev–Trinajstić information content (AvgIpc) is 3.16. The van der Waals surface area contributed by atoms with Crippen LogP contribution in [0.15, 0.2) is 53.1 Å². The van der Waals surface area contributed by atoms with Crippen molar-refractivity contribution in [2.45, 2.75) is 13.3 Å². The Hall–Kier alpha value is -3.08. The number of aryl methyl sites for hydroxylation is 1. The lowest BCUT2D eigenvalue weighted by Gasteiger charge is -2.05. The molecule has 24 heavy (non-hydrogen) atoms. The molecule has 0 saturated carbocycles. The van der Waals surface area contributed by atoms with E-state index in [1.54, 1.807) is 25.1 Å². The molecule has 0 aliphatic heterocycles. The fourth-order valence-electron chi connectivity index (χ4n) is 2.93. The number of rotatable bonds is 4. The normalized spacial score (nSPS) is 11.2. The van der Waals surface area contributed by atoms with Gasteiger partial charge in [-0.2, -0.15) is 0 Å². The van der Waals surface area contributed by atoms with Gasteiger partial charge < -0.3 is 14.7 Å². The minimum Gasteiger partial charge on any atom is -0.441 e. The molecule has 0 aliphatic carbocycles. The highest BCUT2D eigenvalue weighted by Crippen LogP contribution is 2.18. The number of amides is 1. The third kappa shape index (κ3) is 2.65. The summed E-state index contributed by atoms with van der Waals surface area (Å²) in [5, 5.41) is 4.16. The van der Waals surface area contributed by atoms with Crippen LogP contribution in [0, 0.1) is 6.92 Å². The predicted octanol–water partition coefficient (Wildman–Crippen LogP) is 3.59. The lowest BCUT2D eigenvalue weighted by atomic mass is 10.1. The van der Waals surface area contributed by atoms with Gasteiger partial charge in [0.2, 0.25) is 0 Å². The van der Waals surface area contributed by atoms with Crippen molar-refractivity contribution in [1.82, 2.24) is 15.3 Å². The summed E-state index contributed by atoms with van der Waals surface area (Å²) >= 11 is 0. The Morgan fingerprint density at radius 1 is 1.25 bits per heavy atom. The Bertz CT molecular complexity index is 1030. The number of fused-ring (bicyclic) bond motifs is 2. The van der Waals surface area contributed by atoms with Crippen LogP contribution >= 0.6 is 0 Å². The first kappa shape index (κ1) is 14.5. The number of benzene rings is 2. The molecule has 2 heterocycles. The summed E-state index contributed by atoms with van der Waals surface area (Å²) in [4.78, 5) is 19.8. The summed E-state index contributed by atoms with van der Waals surface area (Å²) in [7, 11) is 0. The number of oxazole rings is 1. The molecule has 2 N–H and O–H groups in total. The maximum atomic E-state index is 12.3. The number of aromatic amines is 1. The number of hydrogen-bond acceptors (Lipinski definition) is 3. The van der Waals surface area contributed by atoms with Gasteiger partial charge in [0.25, 0.3) is 5.91 Å². The Kier molecular flexibility index (Phi) is 3.54. The van der Waals surface area contributed by atoms with Crippen LogP contribution in [-0.2, 0) is 6.42 Å². The van der Waals surface area contributed by atoms with Gasteiger partial charge in [-0.15, -0.1) is 0 Å². The van der Waals surface area contributed by atoms with E-state index in [0.29, 0.717) is 23.6 Å². The molecule has 1 amide bonds.